The molecule has 2 aliphatic heterocycles. The zero-order chi connectivity index (χ0) is 23.2. The number of carbonyl (C=O) groups is 1. The Morgan fingerprint density at radius 3 is 2.69 bits per heavy atom. The predicted molar refractivity (Wildman–Crippen MR) is 119 cm³/mol. The van der Waals surface area contributed by atoms with Crippen molar-refractivity contribution in [1.82, 2.24) is 9.13 Å². The van der Waals surface area contributed by atoms with Crippen LogP contribution in [0.4, 0.5) is 0 Å². The maximum atomic E-state index is 13.5. The molecule has 32 heavy (non-hydrogen) atoms. The van der Waals surface area contributed by atoms with Gasteiger partial charge >= 0.3 is 0 Å². The normalized spacial score (nSPS) is 19.0. The first-order valence-corrected chi connectivity index (χ1v) is 11.2. The first kappa shape index (κ1) is 22.3. The van der Waals surface area contributed by atoms with E-state index in [4.69, 9.17) is 26.4 Å². The number of rotatable bonds is 6. The molecule has 0 saturated carbocycles. The lowest BCUT2D eigenvalue weighted by Gasteiger charge is -2.32. The number of nitrogens with one attached hydrogen (secondary N) is 1. The maximum absolute atomic E-state index is 13.5. The third-order valence-electron chi connectivity index (χ3n) is 6.38. The summed E-state index contributed by atoms with van der Waals surface area (Å²) < 4.78 is 19.8. The van der Waals surface area contributed by atoms with E-state index in [0.29, 0.717) is 30.3 Å². The van der Waals surface area contributed by atoms with Crippen LogP contribution < -0.4 is 24.7 Å². The molecule has 0 bridgehead atoms. The number of likely N-dealkylation sites (N-methyl/N-ethyl adjacent to an activating group) is 1. The van der Waals surface area contributed by atoms with Crippen molar-refractivity contribution < 1.29 is 29.0 Å². The van der Waals surface area contributed by atoms with Crippen molar-refractivity contribution in [2.75, 3.05) is 27.5 Å². The van der Waals surface area contributed by atoms with E-state index in [9.17, 15) is 14.7 Å². The molecule has 2 atom stereocenters. The molecule has 0 radical (unpaired) electrons. The van der Waals surface area contributed by atoms with Crippen LogP contribution in [-0.4, -0.2) is 47.5 Å². The Labute approximate surface area is 190 Å². The summed E-state index contributed by atoms with van der Waals surface area (Å²) in [5.74, 6) is 0.937. The van der Waals surface area contributed by atoms with Crippen LogP contribution in [0.1, 0.15) is 47.8 Å². The molecule has 2 aliphatic rings. The molecule has 9 nitrogen and oxygen atoms in total. The number of ketones is 1. The molecule has 1 unspecified atom stereocenters. The summed E-state index contributed by atoms with van der Waals surface area (Å²) in [6, 6.07) is 1.67. The highest BCUT2D eigenvalue weighted by atomic mass is 32.1. The van der Waals surface area contributed by atoms with Crippen LogP contribution in [0.3, 0.4) is 0 Å². The molecular weight excluding hydrogens is 434 g/mol. The Bertz CT molecular complexity index is 1200. The van der Waals surface area contributed by atoms with E-state index in [-0.39, 0.29) is 35.5 Å². The van der Waals surface area contributed by atoms with E-state index in [1.807, 2.05) is 13.1 Å². The van der Waals surface area contributed by atoms with E-state index in [2.05, 4.69) is 0 Å². The number of aromatic hydroxyl groups is 1. The van der Waals surface area contributed by atoms with Gasteiger partial charge in [0, 0.05) is 19.5 Å². The summed E-state index contributed by atoms with van der Waals surface area (Å²) in [5.41, 5.74) is 1.14. The second-order valence-corrected chi connectivity index (χ2v) is 8.38. The third-order valence-corrected chi connectivity index (χ3v) is 6.82. The van der Waals surface area contributed by atoms with Gasteiger partial charge in [0.1, 0.15) is 11.6 Å². The van der Waals surface area contributed by atoms with Gasteiger partial charge in [-0.05, 0) is 37.7 Å². The number of fused-ring (bicyclic) bond motifs is 2. The van der Waals surface area contributed by atoms with Gasteiger partial charge in [-0.3, -0.25) is 18.7 Å². The van der Waals surface area contributed by atoms with Gasteiger partial charge in [-0.1, -0.05) is 0 Å². The van der Waals surface area contributed by atoms with Crippen molar-refractivity contribution >= 4 is 18.0 Å². The summed E-state index contributed by atoms with van der Waals surface area (Å²) in [7, 11) is 3.58. The van der Waals surface area contributed by atoms with Gasteiger partial charge in [0.25, 0.3) is 5.56 Å². The minimum absolute atomic E-state index is 0.0296. The summed E-state index contributed by atoms with van der Waals surface area (Å²) in [4.78, 5) is 27.6. The molecule has 0 amide bonds. The molecule has 4 rings (SSSR count). The number of nitrogens with zero attached hydrogens (tertiary/aromatic N) is 2. The second kappa shape index (κ2) is 8.59. The quantitative estimate of drug-likeness (QED) is 0.493. The standard InChI is InChI=1S/C22H27N3O6S/c1-5-24-20(27)17(21(28)25(6-2)22(24)32)14(26)10-13-16-12(7-8-23(13)3)9-15-18(19(16)29-4)31-11-30-15/h9,13,27H,5-8,10-11H2,1-4H3/p+1/t13-/m0/s1. The zero-order valence-corrected chi connectivity index (χ0v) is 19.5. The lowest BCUT2D eigenvalue weighted by atomic mass is 9.87. The largest absolute Gasteiger partial charge is 0.494 e. The molecule has 172 valence electrons. The van der Waals surface area contributed by atoms with Crippen molar-refractivity contribution in [1.29, 1.82) is 0 Å². The molecule has 1 aromatic carbocycles. The molecule has 1 aromatic heterocycles. The van der Waals surface area contributed by atoms with Crippen molar-refractivity contribution in [2.45, 2.75) is 45.8 Å². The molecule has 0 saturated heterocycles. The zero-order valence-electron chi connectivity index (χ0n) is 18.7. The number of benzene rings is 1. The van der Waals surface area contributed by atoms with Crippen LogP contribution in [0.25, 0.3) is 0 Å². The van der Waals surface area contributed by atoms with E-state index in [0.717, 1.165) is 29.0 Å². The van der Waals surface area contributed by atoms with Crippen LogP contribution in [0.5, 0.6) is 23.1 Å². The summed E-state index contributed by atoms with van der Waals surface area (Å²) in [5, 5.41) is 10.8. The Morgan fingerprint density at radius 2 is 2.03 bits per heavy atom. The Balaban J connectivity index is 1.81. The number of methoxy groups -OCH3 is 1. The molecular formula is C22H28N3O6S+. The summed E-state index contributed by atoms with van der Waals surface area (Å²) in [6.07, 6.45) is 0.828. The summed E-state index contributed by atoms with van der Waals surface area (Å²) >= 11 is 5.33. The van der Waals surface area contributed by atoms with Crippen molar-refractivity contribution in [3.63, 3.8) is 0 Å². The van der Waals surface area contributed by atoms with Gasteiger partial charge in [0.2, 0.25) is 18.4 Å². The molecule has 2 aromatic rings. The lowest BCUT2D eigenvalue weighted by Crippen LogP contribution is -3.10. The predicted octanol–water partition coefficient (Wildman–Crippen LogP) is 1.25. The van der Waals surface area contributed by atoms with E-state index < -0.39 is 11.3 Å². The second-order valence-electron chi connectivity index (χ2n) is 8.02. The number of hydrogen-bond acceptors (Lipinski definition) is 7. The van der Waals surface area contributed by atoms with Crippen molar-refractivity contribution in [2.24, 2.45) is 0 Å². The fourth-order valence-electron chi connectivity index (χ4n) is 4.68. The number of Topliss-reactive ketones (excluding diaryl/α,β-unsaturated/α-hetero) is 1. The van der Waals surface area contributed by atoms with Gasteiger partial charge in [-0.15, -0.1) is 0 Å². The highest BCUT2D eigenvalue weighted by molar-refractivity contribution is 7.71. The minimum atomic E-state index is -0.559. The van der Waals surface area contributed by atoms with Gasteiger partial charge in [-0.2, -0.15) is 0 Å². The fraction of sp³-hybridized carbons (Fsp3) is 0.500. The Kier molecular flexibility index (Phi) is 6.00. The number of carbonyl (C=O) groups excluding carboxylic acids is 1. The van der Waals surface area contributed by atoms with E-state index >= 15 is 0 Å². The molecule has 3 heterocycles. The SMILES string of the molecule is CCn1c(O)c(C(=O)C[C@H]2c3c(cc4c(c3OC)OCO4)CC[NH+]2C)c(=O)n(CC)c1=S. The minimum Gasteiger partial charge on any atom is -0.494 e. The molecule has 10 heteroatoms. The van der Waals surface area contributed by atoms with Crippen molar-refractivity contribution in [3.8, 4) is 23.1 Å². The topological polar surface area (TPSA) is 96.4 Å². The van der Waals surface area contributed by atoms with Crippen molar-refractivity contribution in [3.05, 3.63) is 37.9 Å². The number of aromatic nitrogens is 2. The fourth-order valence-corrected chi connectivity index (χ4v) is 5.11. The van der Waals surface area contributed by atoms with Crippen LogP contribution in [-0.2, 0) is 19.5 Å². The molecule has 0 aliphatic carbocycles. The van der Waals surface area contributed by atoms with Crippen LogP contribution >= 0.6 is 12.2 Å². The highest BCUT2D eigenvalue weighted by Crippen LogP contribution is 2.48. The van der Waals surface area contributed by atoms with Crippen LogP contribution in [0, 0.1) is 4.77 Å². The van der Waals surface area contributed by atoms with Gasteiger partial charge in [0.15, 0.2) is 22.1 Å². The first-order valence-electron chi connectivity index (χ1n) is 10.7. The third kappa shape index (κ3) is 3.38. The lowest BCUT2D eigenvalue weighted by molar-refractivity contribution is -0.913. The average Bonchev–Trinajstić information content (AvgIpc) is 3.23. The van der Waals surface area contributed by atoms with E-state index in [1.54, 1.807) is 21.0 Å². The van der Waals surface area contributed by atoms with Gasteiger partial charge in [0.05, 0.1) is 32.7 Å². The number of hydrogen-bond donors (Lipinski definition) is 2. The average molecular weight is 463 g/mol. The molecule has 2 N–H and O–H groups in total. The Hall–Kier alpha value is -2.85. The number of ether oxygens (including phenoxy) is 3. The Morgan fingerprint density at radius 1 is 1.31 bits per heavy atom. The van der Waals surface area contributed by atoms with E-state index in [1.165, 1.54) is 9.13 Å². The molecule has 0 fully saturated rings. The molecule has 0 spiro atoms. The summed E-state index contributed by atoms with van der Waals surface area (Å²) in [6.45, 7) is 5.17. The van der Waals surface area contributed by atoms with Gasteiger partial charge in [-0.25, -0.2) is 0 Å². The maximum Gasteiger partial charge on any atom is 0.269 e. The van der Waals surface area contributed by atoms with Crippen LogP contribution in [0.2, 0.25) is 0 Å². The highest BCUT2D eigenvalue weighted by Gasteiger charge is 2.38. The number of quaternary nitrogens is 1. The first-order chi connectivity index (χ1) is 15.3. The van der Waals surface area contributed by atoms with Gasteiger partial charge < -0.3 is 24.2 Å². The smallest absolute Gasteiger partial charge is 0.269 e. The van der Waals surface area contributed by atoms with Crippen LogP contribution in [0.15, 0.2) is 10.9 Å². The monoisotopic (exact) mass is 462 g/mol.